The van der Waals surface area contributed by atoms with Crippen molar-refractivity contribution in [1.29, 1.82) is 0 Å². The molecule has 0 fully saturated rings. The van der Waals surface area contributed by atoms with Crippen molar-refractivity contribution in [3.63, 3.8) is 0 Å². The molecule has 0 aromatic rings. The van der Waals surface area contributed by atoms with Crippen LogP contribution < -0.4 is 0 Å². The van der Waals surface area contributed by atoms with Gasteiger partial charge in [0.1, 0.15) is 0 Å². The van der Waals surface area contributed by atoms with Gasteiger partial charge < -0.3 is 15.1 Å². The molecule has 0 saturated heterocycles. The predicted molar refractivity (Wildman–Crippen MR) is 43.4 cm³/mol. The molecule has 0 aliphatic rings. The van der Waals surface area contributed by atoms with Crippen LogP contribution in [0.2, 0.25) is 0 Å². The summed E-state index contributed by atoms with van der Waals surface area (Å²) in [4.78, 5) is 1.86. The normalized spacial score (nSPS) is 9.00. The Bertz CT molecular complexity index is 49.0. The Morgan fingerprint density at radius 3 is 1.60 bits per heavy atom. The van der Waals surface area contributed by atoms with Gasteiger partial charge in [-0.1, -0.05) is 0 Å². The van der Waals surface area contributed by atoms with E-state index in [0.717, 1.165) is 0 Å². The van der Waals surface area contributed by atoms with Crippen LogP contribution in [0.15, 0.2) is 0 Å². The van der Waals surface area contributed by atoms with Gasteiger partial charge in [-0.3, -0.25) is 0 Å². The van der Waals surface area contributed by atoms with Crippen molar-refractivity contribution in [3.8, 4) is 0 Å². The van der Waals surface area contributed by atoms with Gasteiger partial charge in [0.15, 0.2) is 0 Å². The van der Waals surface area contributed by atoms with Gasteiger partial charge in [-0.05, 0) is 7.05 Å². The van der Waals surface area contributed by atoms with Crippen molar-refractivity contribution >= 4 is 11.6 Å². The van der Waals surface area contributed by atoms with Gasteiger partial charge in [-0.2, -0.15) is 0 Å². The highest BCUT2D eigenvalue weighted by Crippen LogP contribution is 1.76. The SMILES string of the molecule is CCl.CN(CCO)CCO. The number of nitrogens with zero attached hydrogens (tertiary/aromatic N) is 1. The molecule has 0 spiro atoms. The zero-order valence-electron chi connectivity index (χ0n) is 6.55. The molecule has 0 unspecified atom stereocenters. The Kier molecular flexibility index (Phi) is 15.3. The van der Waals surface area contributed by atoms with E-state index >= 15 is 0 Å². The van der Waals surface area contributed by atoms with E-state index in [9.17, 15) is 0 Å². The molecule has 0 bridgehead atoms. The molecule has 0 aromatic carbocycles. The maximum atomic E-state index is 8.34. The molecule has 0 heterocycles. The number of hydrogen-bond donors (Lipinski definition) is 2. The molecule has 64 valence electrons. The number of hydrogen-bond acceptors (Lipinski definition) is 3. The lowest BCUT2D eigenvalue weighted by molar-refractivity contribution is 0.184. The monoisotopic (exact) mass is 169 g/mol. The average Bonchev–Trinajstić information content (AvgIpc) is 1.93. The fraction of sp³-hybridized carbons (Fsp3) is 1.00. The first-order valence-corrected chi connectivity index (χ1v) is 3.85. The lowest BCUT2D eigenvalue weighted by Gasteiger charge is -2.11. The Balaban J connectivity index is 0. The summed E-state index contributed by atoms with van der Waals surface area (Å²) in [6.45, 7) is 1.61. The molecule has 2 N–H and O–H groups in total. The minimum absolute atomic E-state index is 0.163. The number of alkyl halides is 1. The third-order valence-corrected chi connectivity index (χ3v) is 0.963. The molecule has 0 atom stereocenters. The number of aliphatic hydroxyl groups excluding tert-OH is 2. The average molecular weight is 170 g/mol. The third kappa shape index (κ3) is 11.0. The number of aliphatic hydroxyl groups is 2. The predicted octanol–water partition coefficient (Wildman–Crippen LogP) is -0.242. The van der Waals surface area contributed by atoms with E-state index in [-0.39, 0.29) is 13.2 Å². The largest absolute Gasteiger partial charge is 0.395 e. The Morgan fingerprint density at radius 1 is 1.10 bits per heavy atom. The fourth-order valence-electron chi connectivity index (χ4n) is 0.453. The highest BCUT2D eigenvalue weighted by atomic mass is 35.5. The summed E-state index contributed by atoms with van der Waals surface area (Å²) in [7, 11) is 1.85. The van der Waals surface area contributed by atoms with Gasteiger partial charge in [0.05, 0.1) is 13.2 Å². The van der Waals surface area contributed by atoms with Crippen molar-refractivity contribution < 1.29 is 10.2 Å². The van der Waals surface area contributed by atoms with Crippen LogP contribution in [0.5, 0.6) is 0 Å². The van der Waals surface area contributed by atoms with Crippen LogP contribution >= 0.6 is 11.6 Å². The molecule has 10 heavy (non-hydrogen) atoms. The number of halogens is 1. The summed E-state index contributed by atoms with van der Waals surface area (Å²) in [5.74, 6) is 0. The van der Waals surface area contributed by atoms with E-state index in [1.165, 1.54) is 6.38 Å². The first-order valence-electron chi connectivity index (χ1n) is 3.09. The molecule has 3 nitrogen and oxygen atoms in total. The maximum absolute atomic E-state index is 8.34. The Labute approximate surface area is 67.2 Å². The lowest BCUT2D eigenvalue weighted by Crippen LogP contribution is -2.25. The molecule has 0 saturated carbocycles. The summed E-state index contributed by atoms with van der Waals surface area (Å²) < 4.78 is 0. The van der Waals surface area contributed by atoms with Gasteiger partial charge in [-0.25, -0.2) is 0 Å². The zero-order valence-corrected chi connectivity index (χ0v) is 7.30. The van der Waals surface area contributed by atoms with E-state index in [1.807, 2.05) is 11.9 Å². The Hall–Kier alpha value is 0.170. The molecular formula is C6H16ClNO2. The molecular weight excluding hydrogens is 154 g/mol. The van der Waals surface area contributed by atoms with E-state index in [4.69, 9.17) is 10.2 Å². The summed E-state index contributed by atoms with van der Waals surface area (Å²) in [6.07, 6.45) is 1.47. The van der Waals surface area contributed by atoms with Crippen molar-refractivity contribution in [2.45, 2.75) is 0 Å². The third-order valence-electron chi connectivity index (χ3n) is 0.963. The van der Waals surface area contributed by atoms with Crippen LogP contribution in [-0.2, 0) is 0 Å². The van der Waals surface area contributed by atoms with E-state index in [0.29, 0.717) is 13.1 Å². The fourth-order valence-corrected chi connectivity index (χ4v) is 0.453. The molecule has 0 aliphatic carbocycles. The molecule has 4 heteroatoms. The number of rotatable bonds is 4. The van der Waals surface area contributed by atoms with E-state index in [1.54, 1.807) is 0 Å². The first kappa shape index (κ1) is 12.8. The first-order chi connectivity index (χ1) is 4.81. The number of likely N-dealkylation sites (N-methyl/N-ethyl adjacent to an activating group) is 1. The highest BCUT2D eigenvalue weighted by molar-refractivity contribution is 6.15. The van der Waals surface area contributed by atoms with E-state index in [2.05, 4.69) is 11.6 Å². The van der Waals surface area contributed by atoms with Crippen molar-refractivity contribution in [1.82, 2.24) is 4.90 Å². The molecule has 0 amide bonds. The summed E-state index contributed by atoms with van der Waals surface area (Å²) in [5.41, 5.74) is 0. The van der Waals surface area contributed by atoms with Crippen LogP contribution in [-0.4, -0.2) is 54.8 Å². The van der Waals surface area contributed by atoms with Gasteiger partial charge in [0.2, 0.25) is 0 Å². The second-order valence-corrected chi connectivity index (χ2v) is 1.75. The van der Waals surface area contributed by atoms with Gasteiger partial charge in [0, 0.05) is 19.5 Å². The van der Waals surface area contributed by atoms with Crippen LogP contribution in [0.25, 0.3) is 0 Å². The summed E-state index contributed by atoms with van der Waals surface area (Å²) in [6, 6.07) is 0. The van der Waals surface area contributed by atoms with Gasteiger partial charge in [-0.15, -0.1) is 11.6 Å². The summed E-state index contributed by atoms with van der Waals surface area (Å²) in [5, 5.41) is 16.7. The molecule has 0 radical (unpaired) electrons. The molecule has 0 aliphatic heterocycles. The second kappa shape index (κ2) is 11.9. The minimum Gasteiger partial charge on any atom is -0.395 e. The second-order valence-electron chi connectivity index (χ2n) is 1.75. The van der Waals surface area contributed by atoms with Gasteiger partial charge in [0.25, 0.3) is 0 Å². The minimum atomic E-state index is 0.163. The molecule has 0 rings (SSSR count). The molecule has 0 aromatic heterocycles. The van der Waals surface area contributed by atoms with Crippen molar-refractivity contribution in [2.24, 2.45) is 0 Å². The van der Waals surface area contributed by atoms with Crippen molar-refractivity contribution in [3.05, 3.63) is 0 Å². The lowest BCUT2D eigenvalue weighted by atomic mass is 10.5. The topological polar surface area (TPSA) is 43.7 Å². The van der Waals surface area contributed by atoms with Crippen LogP contribution in [0.3, 0.4) is 0 Å². The summed E-state index contributed by atoms with van der Waals surface area (Å²) >= 11 is 4.64. The standard InChI is InChI=1S/C5H13NO2.CH3Cl/c1-6(2-4-7)3-5-8;1-2/h7-8H,2-5H2,1H3;1H3. The van der Waals surface area contributed by atoms with Gasteiger partial charge >= 0.3 is 0 Å². The maximum Gasteiger partial charge on any atom is 0.0558 e. The Morgan fingerprint density at radius 2 is 1.40 bits per heavy atom. The van der Waals surface area contributed by atoms with Crippen LogP contribution in [0.1, 0.15) is 0 Å². The zero-order chi connectivity index (χ0) is 8.41. The van der Waals surface area contributed by atoms with E-state index < -0.39 is 0 Å². The van der Waals surface area contributed by atoms with Crippen molar-refractivity contribution in [2.75, 3.05) is 39.7 Å². The van der Waals surface area contributed by atoms with Crippen LogP contribution in [0.4, 0.5) is 0 Å². The quantitative estimate of drug-likeness (QED) is 0.571. The smallest absolute Gasteiger partial charge is 0.0558 e. The highest BCUT2D eigenvalue weighted by Gasteiger charge is 1.91. The van der Waals surface area contributed by atoms with Crippen LogP contribution in [0, 0.1) is 0 Å².